The summed E-state index contributed by atoms with van der Waals surface area (Å²) in [5, 5.41) is 9.08. The maximum absolute atomic E-state index is 9.08. The highest BCUT2D eigenvalue weighted by atomic mass is 16.3. The molecule has 0 aromatic carbocycles. The van der Waals surface area contributed by atoms with E-state index in [2.05, 4.69) is 14.5 Å². The quantitative estimate of drug-likeness (QED) is 0.839. The van der Waals surface area contributed by atoms with E-state index in [0.29, 0.717) is 12.5 Å². The molecule has 1 aliphatic heterocycles. The third kappa shape index (κ3) is 3.54. The van der Waals surface area contributed by atoms with Gasteiger partial charge in [-0.25, -0.2) is 4.98 Å². The lowest BCUT2D eigenvalue weighted by atomic mass is 9.98. The maximum Gasteiger partial charge on any atom is 0.105 e. The first-order valence-corrected chi connectivity index (χ1v) is 6.60. The van der Waals surface area contributed by atoms with Gasteiger partial charge in [-0.15, -0.1) is 0 Å². The van der Waals surface area contributed by atoms with Gasteiger partial charge in [0, 0.05) is 25.5 Å². The Morgan fingerprint density at radius 2 is 2.12 bits per heavy atom. The first-order chi connectivity index (χ1) is 8.29. The normalized spacial score (nSPS) is 18.7. The van der Waals surface area contributed by atoms with Crippen molar-refractivity contribution in [2.75, 3.05) is 26.2 Å². The fourth-order valence-corrected chi connectivity index (χ4v) is 2.50. The zero-order chi connectivity index (χ0) is 12.1. The lowest BCUT2D eigenvalue weighted by molar-refractivity contribution is 0.130. The van der Waals surface area contributed by atoms with Gasteiger partial charge >= 0.3 is 0 Å². The van der Waals surface area contributed by atoms with Gasteiger partial charge in [0.1, 0.15) is 5.82 Å². The molecule has 1 aromatic heterocycles. The molecule has 4 nitrogen and oxygen atoms in total. The largest absolute Gasteiger partial charge is 0.396 e. The summed E-state index contributed by atoms with van der Waals surface area (Å²) in [4.78, 5) is 6.74. The van der Waals surface area contributed by atoms with Crippen LogP contribution in [0.25, 0.3) is 0 Å². The highest BCUT2D eigenvalue weighted by Gasteiger charge is 2.17. The molecular weight excluding hydrogens is 214 g/mol. The second kappa shape index (κ2) is 6.17. The minimum atomic E-state index is 0.363. The van der Waals surface area contributed by atoms with Crippen LogP contribution < -0.4 is 0 Å². The van der Waals surface area contributed by atoms with Crippen molar-refractivity contribution < 1.29 is 5.11 Å². The van der Waals surface area contributed by atoms with Crippen molar-refractivity contribution in [1.82, 2.24) is 14.5 Å². The Morgan fingerprint density at radius 1 is 1.35 bits per heavy atom. The molecular formula is C13H23N3O. The van der Waals surface area contributed by atoms with E-state index in [1.165, 1.54) is 6.42 Å². The van der Waals surface area contributed by atoms with Gasteiger partial charge in [0.05, 0.1) is 0 Å². The van der Waals surface area contributed by atoms with Crippen LogP contribution in [-0.2, 0) is 6.54 Å². The number of likely N-dealkylation sites (tertiary alicyclic amines) is 1. The van der Waals surface area contributed by atoms with Crippen LogP contribution in [0.3, 0.4) is 0 Å². The molecule has 0 atom stereocenters. The number of piperidine rings is 1. The SMILES string of the molecule is Cc1nccn1CCCN1CCC(CO)CC1. The molecule has 4 heteroatoms. The van der Waals surface area contributed by atoms with Crippen molar-refractivity contribution >= 4 is 0 Å². The van der Waals surface area contributed by atoms with E-state index in [1.54, 1.807) is 0 Å². The summed E-state index contributed by atoms with van der Waals surface area (Å²) in [6, 6.07) is 0. The smallest absolute Gasteiger partial charge is 0.105 e. The first kappa shape index (κ1) is 12.6. The minimum absolute atomic E-state index is 0.363. The molecule has 17 heavy (non-hydrogen) atoms. The molecule has 0 amide bonds. The van der Waals surface area contributed by atoms with Gasteiger partial charge in [-0.1, -0.05) is 0 Å². The van der Waals surface area contributed by atoms with Crippen LogP contribution in [0.2, 0.25) is 0 Å². The van der Waals surface area contributed by atoms with Crippen molar-refractivity contribution in [1.29, 1.82) is 0 Å². The third-order valence-corrected chi connectivity index (χ3v) is 3.76. The Morgan fingerprint density at radius 3 is 2.71 bits per heavy atom. The standard InChI is InChI=1S/C13H23N3O/c1-12-14-5-10-16(12)7-2-6-15-8-3-13(11-17)4-9-15/h5,10,13,17H,2-4,6-9,11H2,1H3. The molecule has 1 N–H and O–H groups in total. The Labute approximate surface area is 103 Å². The van der Waals surface area contributed by atoms with Crippen molar-refractivity contribution in [3.8, 4) is 0 Å². The maximum atomic E-state index is 9.08. The summed E-state index contributed by atoms with van der Waals surface area (Å²) >= 11 is 0. The zero-order valence-electron chi connectivity index (χ0n) is 10.7. The highest BCUT2D eigenvalue weighted by molar-refractivity contribution is 4.88. The van der Waals surface area contributed by atoms with Crippen LogP contribution in [0.1, 0.15) is 25.1 Å². The molecule has 0 spiro atoms. The number of aryl methyl sites for hydroxylation is 2. The van der Waals surface area contributed by atoms with Gasteiger partial charge < -0.3 is 14.6 Å². The molecule has 0 bridgehead atoms. The number of aliphatic hydroxyl groups excluding tert-OH is 1. The molecule has 96 valence electrons. The summed E-state index contributed by atoms with van der Waals surface area (Å²) in [6.45, 7) is 6.93. The van der Waals surface area contributed by atoms with Gasteiger partial charge in [-0.05, 0) is 51.7 Å². The molecule has 1 fully saturated rings. The Balaban J connectivity index is 1.65. The summed E-state index contributed by atoms with van der Waals surface area (Å²) in [5.74, 6) is 1.64. The number of hydrogen-bond acceptors (Lipinski definition) is 3. The van der Waals surface area contributed by atoms with Crippen LogP contribution in [0.4, 0.5) is 0 Å². The fraction of sp³-hybridized carbons (Fsp3) is 0.769. The van der Waals surface area contributed by atoms with Gasteiger partial charge in [0.15, 0.2) is 0 Å². The predicted octanol–water partition coefficient (Wildman–Crippen LogP) is 1.29. The lowest BCUT2D eigenvalue weighted by Gasteiger charge is -2.31. The van der Waals surface area contributed by atoms with Gasteiger partial charge in [0.2, 0.25) is 0 Å². The number of hydrogen-bond donors (Lipinski definition) is 1. The van der Waals surface area contributed by atoms with Gasteiger partial charge in [-0.2, -0.15) is 0 Å². The van der Waals surface area contributed by atoms with E-state index < -0.39 is 0 Å². The summed E-state index contributed by atoms with van der Waals surface area (Å²) in [6.07, 6.45) is 7.40. The zero-order valence-corrected chi connectivity index (χ0v) is 10.7. The van der Waals surface area contributed by atoms with Crippen LogP contribution >= 0.6 is 0 Å². The van der Waals surface area contributed by atoms with Gasteiger partial charge in [-0.3, -0.25) is 0 Å². The van der Waals surface area contributed by atoms with Crippen molar-refractivity contribution in [3.05, 3.63) is 18.2 Å². The number of aliphatic hydroxyl groups is 1. The van der Waals surface area contributed by atoms with Crippen LogP contribution in [0, 0.1) is 12.8 Å². The fourth-order valence-electron chi connectivity index (χ4n) is 2.50. The third-order valence-electron chi connectivity index (χ3n) is 3.76. The van der Waals surface area contributed by atoms with E-state index in [4.69, 9.17) is 5.11 Å². The number of imidazole rings is 1. The van der Waals surface area contributed by atoms with Crippen LogP contribution in [0.5, 0.6) is 0 Å². The molecule has 0 saturated carbocycles. The second-order valence-electron chi connectivity index (χ2n) is 4.99. The predicted molar refractivity (Wildman–Crippen MR) is 67.8 cm³/mol. The lowest BCUT2D eigenvalue weighted by Crippen LogP contribution is -2.35. The molecule has 0 aliphatic carbocycles. The van der Waals surface area contributed by atoms with E-state index in [0.717, 1.165) is 44.8 Å². The topological polar surface area (TPSA) is 41.3 Å². The van der Waals surface area contributed by atoms with E-state index in [-0.39, 0.29) is 0 Å². The van der Waals surface area contributed by atoms with Gasteiger partial charge in [0.25, 0.3) is 0 Å². The molecule has 1 aliphatic rings. The number of nitrogens with zero attached hydrogens (tertiary/aromatic N) is 3. The Kier molecular flexibility index (Phi) is 4.57. The van der Waals surface area contributed by atoms with E-state index in [1.807, 2.05) is 19.3 Å². The van der Waals surface area contributed by atoms with Crippen LogP contribution in [0.15, 0.2) is 12.4 Å². The molecule has 1 aromatic rings. The minimum Gasteiger partial charge on any atom is -0.396 e. The van der Waals surface area contributed by atoms with Crippen molar-refractivity contribution in [3.63, 3.8) is 0 Å². The average molecular weight is 237 g/mol. The monoisotopic (exact) mass is 237 g/mol. The van der Waals surface area contributed by atoms with Crippen LogP contribution in [-0.4, -0.2) is 45.8 Å². The Bertz CT molecular complexity index is 329. The second-order valence-corrected chi connectivity index (χ2v) is 4.99. The Hall–Kier alpha value is -0.870. The molecule has 0 unspecified atom stereocenters. The van der Waals surface area contributed by atoms with E-state index in [9.17, 15) is 0 Å². The first-order valence-electron chi connectivity index (χ1n) is 6.60. The number of rotatable bonds is 5. The summed E-state index contributed by atoms with van der Waals surface area (Å²) in [5.41, 5.74) is 0. The molecule has 2 rings (SSSR count). The van der Waals surface area contributed by atoms with E-state index >= 15 is 0 Å². The highest BCUT2D eigenvalue weighted by Crippen LogP contribution is 2.16. The molecule has 1 saturated heterocycles. The molecule has 0 radical (unpaired) electrons. The summed E-state index contributed by atoms with van der Waals surface area (Å²) in [7, 11) is 0. The summed E-state index contributed by atoms with van der Waals surface area (Å²) < 4.78 is 2.21. The number of aromatic nitrogens is 2. The van der Waals surface area contributed by atoms with Crippen molar-refractivity contribution in [2.24, 2.45) is 5.92 Å². The average Bonchev–Trinajstić information content (AvgIpc) is 2.76. The molecule has 2 heterocycles. The van der Waals surface area contributed by atoms with Crippen molar-refractivity contribution in [2.45, 2.75) is 32.7 Å².